The number of benzene rings is 1. The molecular formula is C12H12N4O. The number of amides is 1. The van der Waals surface area contributed by atoms with Gasteiger partial charge in [-0.1, -0.05) is 30.3 Å². The molecule has 0 bridgehead atoms. The fourth-order valence-electron chi connectivity index (χ4n) is 1.27. The Labute approximate surface area is 98.8 Å². The smallest absolute Gasteiger partial charge is 0.245 e. The number of rotatable bonds is 4. The summed E-state index contributed by atoms with van der Waals surface area (Å²) in [5, 5.41) is 6.56. The Morgan fingerprint density at radius 1 is 1.35 bits per heavy atom. The molecule has 0 fully saturated rings. The second kappa shape index (κ2) is 5.60. The Morgan fingerprint density at radius 2 is 2.18 bits per heavy atom. The van der Waals surface area contributed by atoms with Crippen molar-refractivity contribution in [2.75, 3.05) is 0 Å². The van der Waals surface area contributed by atoms with Crippen LogP contribution in [0.15, 0.2) is 49.1 Å². The first-order valence-electron chi connectivity index (χ1n) is 5.18. The third-order valence-corrected chi connectivity index (χ3v) is 2.11. The molecule has 0 saturated heterocycles. The van der Waals surface area contributed by atoms with Gasteiger partial charge in [-0.15, -0.1) is 0 Å². The van der Waals surface area contributed by atoms with Gasteiger partial charge in [0.25, 0.3) is 0 Å². The maximum atomic E-state index is 11.5. The van der Waals surface area contributed by atoms with E-state index in [1.54, 1.807) is 12.4 Å². The first-order chi connectivity index (χ1) is 8.34. The molecule has 0 aliphatic heterocycles. The van der Waals surface area contributed by atoms with Crippen LogP contribution in [-0.2, 0) is 11.5 Å². The van der Waals surface area contributed by atoms with Crippen LogP contribution in [0.25, 0.3) is 6.08 Å². The molecule has 1 aromatic heterocycles. The first kappa shape index (κ1) is 11.1. The number of hydrogen-bond donors (Lipinski definition) is 1. The van der Waals surface area contributed by atoms with Crippen molar-refractivity contribution in [2.24, 2.45) is 0 Å². The standard InChI is InChI=1S/C12H12N4O/c17-12(14-10-16-9-13-8-15-16)7-6-11-4-2-1-3-5-11/h1-9H,10H2,(H,14,17). The van der Waals surface area contributed by atoms with Crippen molar-refractivity contribution in [2.45, 2.75) is 6.67 Å². The fraction of sp³-hybridized carbons (Fsp3) is 0.0833. The van der Waals surface area contributed by atoms with Crippen LogP contribution in [-0.4, -0.2) is 20.7 Å². The van der Waals surface area contributed by atoms with Gasteiger partial charge in [-0.3, -0.25) is 4.79 Å². The van der Waals surface area contributed by atoms with Crippen molar-refractivity contribution < 1.29 is 4.79 Å². The Hall–Kier alpha value is -2.43. The zero-order valence-electron chi connectivity index (χ0n) is 9.15. The second-order valence-electron chi connectivity index (χ2n) is 3.38. The van der Waals surface area contributed by atoms with Crippen LogP contribution in [0, 0.1) is 0 Å². The molecule has 17 heavy (non-hydrogen) atoms. The quantitative estimate of drug-likeness (QED) is 0.796. The Kier molecular flexibility index (Phi) is 3.64. The minimum absolute atomic E-state index is 0.163. The molecule has 2 rings (SSSR count). The van der Waals surface area contributed by atoms with Crippen molar-refractivity contribution in [1.29, 1.82) is 0 Å². The van der Waals surface area contributed by atoms with Crippen LogP contribution < -0.4 is 5.32 Å². The molecule has 1 heterocycles. The SMILES string of the molecule is O=C(C=Cc1ccccc1)NCn1cncn1. The minimum Gasteiger partial charge on any atom is -0.333 e. The van der Waals surface area contributed by atoms with E-state index in [9.17, 15) is 4.79 Å². The molecule has 0 radical (unpaired) electrons. The summed E-state index contributed by atoms with van der Waals surface area (Å²) in [7, 11) is 0. The van der Waals surface area contributed by atoms with Gasteiger partial charge in [0.1, 0.15) is 19.3 Å². The lowest BCUT2D eigenvalue weighted by Gasteiger charge is -2.00. The fourth-order valence-corrected chi connectivity index (χ4v) is 1.27. The van der Waals surface area contributed by atoms with Crippen LogP contribution in [0.4, 0.5) is 0 Å². The summed E-state index contributed by atoms with van der Waals surface area (Å²) >= 11 is 0. The molecule has 0 unspecified atom stereocenters. The summed E-state index contributed by atoms with van der Waals surface area (Å²) in [6.45, 7) is 0.317. The van der Waals surface area contributed by atoms with E-state index in [2.05, 4.69) is 15.4 Å². The molecule has 0 aliphatic carbocycles. The lowest BCUT2D eigenvalue weighted by Crippen LogP contribution is -2.24. The normalized spacial score (nSPS) is 10.6. The first-order valence-corrected chi connectivity index (χ1v) is 5.18. The van der Waals surface area contributed by atoms with Gasteiger partial charge in [0.05, 0.1) is 0 Å². The van der Waals surface area contributed by atoms with Crippen molar-refractivity contribution in [3.63, 3.8) is 0 Å². The molecule has 2 aromatic rings. The van der Waals surface area contributed by atoms with Gasteiger partial charge in [0, 0.05) is 6.08 Å². The van der Waals surface area contributed by atoms with Gasteiger partial charge in [0.15, 0.2) is 0 Å². The predicted octanol–water partition coefficient (Wildman–Crippen LogP) is 1.07. The van der Waals surface area contributed by atoms with E-state index in [0.29, 0.717) is 6.67 Å². The number of carbonyl (C=O) groups is 1. The molecule has 0 atom stereocenters. The average molecular weight is 228 g/mol. The van der Waals surface area contributed by atoms with Crippen molar-refractivity contribution in [3.05, 3.63) is 54.6 Å². The summed E-state index contributed by atoms with van der Waals surface area (Å²) in [5.74, 6) is -0.163. The van der Waals surface area contributed by atoms with Crippen molar-refractivity contribution in [1.82, 2.24) is 20.1 Å². The number of nitrogens with one attached hydrogen (secondary N) is 1. The molecule has 0 aliphatic rings. The van der Waals surface area contributed by atoms with E-state index >= 15 is 0 Å². The minimum atomic E-state index is -0.163. The molecule has 86 valence electrons. The van der Waals surface area contributed by atoms with E-state index in [1.807, 2.05) is 30.3 Å². The summed E-state index contributed by atoms with van der Waals surface area (Å²) in [6, 6.07) is 9.64. The highest BCUT2D eigenvalue weighted by Crippen LogP contribution is 2.00. The molecule has 5 heteroatoms. The van der Waals surface area contributed by atoms with E-state index in [4.69, 9.17) is 0 Å². The number of hydrogen-bond acceptors (Lipinski definition) is 3. The summed E-state index contributed by atoms with van der Waals surface area (Å²) in [4.78, 5) is 15.2. The third kappa shape index (κ3) is 3.57. The second-order valence-corrected chi connectivity index (χ2v) is 3.38. The Morgan fingerprint density at radius 3 is 2.88 bits per heavy atom. The van der Waals surface area contributed by atoms with E-state index in [-0.39, 0.29) is 5.91 Å². The van der Waals surface area contributed by atoms with Crippen LogP contribution in [0.2, 0.25) is 0 Å². The van der Waals surface area contributed by atoms with Gasteiger partial charge in [-0.2, -0.15) is 5.10 Å². The Balaban J connectivity index is 1.83. The van der Waals surface area contributed by atoms with Gasteiger partial charge in [0.2, 0.25) is 5.91 Å². The molecule has 1 N–H and O–H groups in total. The molecule has 0 saturated carbocycles. The molecule has 1 aromatic carbocycles. The van der Waals surface area contributed by atoms with Gasteiger partial charge < -0.3 is 5.32 Å². The van der Waals surface area contributed by atoms with Gasteiger partial charge in [-0.05, 0) is 11.6 Å². The number of carbonyl (C=O) groups excluding carboxylic acids is 1. The van der Waals surface area contributed by atoms with Crippen LogP contribution >= 0.6 is 0 Å². The van der Waals surface area contributed by atoms with E-state index < -0.39 is 0 Å². The number of nitrogens with zero attached hydrogens (tertiary/aromatic N) is 3. The van der Waals surface area contributed by atoms with Crippen LogP contribution in [0.3, 0.4) is 0 Å². The topological polar surface area (TPSA) is 59.8 Å². The summed E-state index contributed by atoms with van der Waals surface area (Å²) in [6.07, 6.45) is 6.22. The summed E-state index contributed by atoms with van der Waals surface area (Å²) < 4.78 is 1.54. The maximum Gasteiger partial charge on any atom is 0.245 e. The molecule has 1 amide bonds. The highest BCUT2D eigenvalue weighted by Gasteiger charge is 1.95. The highest BCUT2D eigenvalue weighted by atomic mass is 16.1. The highest BCUT2D eigenvalue weighted by molar-refractivity contribution is 5.91. The van der Waals surface area contributed by atoms with Crippen molar-refractivity contribution in [3.8, 4) is 0 Å². The predicted molar refractivity (Wildman–Crippen MR) is 63.6 cm³/mol. The number of aromatic nitrogens is 3. The van der Waals surface area contributed by atoms with Gasteiger partial charge >= 0.3 is 0 Å². The molecule has 0 spiro atoms. The zero-order valence-corrected chi connectivity index (χ0v) is 9.15. The van der Waals surface area contributed by atoms with E-state index in [1.165, 1.54) is 17.1 Å². The van der Waals surface area contributed by atoms with Crippen LogP contribution in [0.5, 0.6) is 0 Å². The lowest BCUT2D eigenvalue weighted by atomic mass is 10.2. The zero-order chi connectivity index (χ0) is 11.9. The maximum absolute atomic E-state index is 11.5. The van der Waals surface area contributed by atoms with E-state index in [0.717, 1.165) is 5.56 Å². The Bertz CT molecular complexity index is 490. The molecule has 5 nitrogen and oxygen atoms in total. The third-order valence-electron chi connectivity index (χ3n) is 2.11. The van der Waals surface area contributed by atoms with Crippen molar-refractivity contribution >= 4 is 12.0 Å². The van der Waals surface area contributed by atoms with Gasteiger partial charge in [-0.25, -0.2) is 9.67 Å². The lowest BCUT2D eigenvalue weighted by molar-refractivity contribution is -0.117. The summed E-state index contributed by atoms with van der Waals surface area (Å²) in [5.41, 5.74) is 0.989. The van der Waals surface area contributed by atoms with Crippen LogP contribution in [0.1, 0.15) is 5.56 Å². The molecular weight excluding hydrogens is 216 g/mol. The average Bonchev–Trinajstić information content (AvgIpc) is 2.88. The largest absolute Gasteiger partial charge is 0.333 e. The monoisotopic (exact) mass is 228 g/mol.